The molecule has 0 aliphatic heterocycles. The summed E-state index contributed by atoms with van der Waals surface area (Å²) in [6.45, 7) is 4.38. The Bertz CT molecular complexity index is 264. The standard InChI is InChI=1S/C11H20N2O3/c1-3-7(2)9(10(14)15)13-11(16)12-6-8-4-5-8/h7-9H,3-6H2,1-2H3,(H,14,15)(H2,12,13,16)/t7?,9-/m0/s1. The van der Waals surface area contributed by atoms with Crippen molar-refractivity contribution in [1.82, 2.24) is 10.6 Å². The van der Waals surface area contributed by atoms with Crippen molar-refractivity contribution in [1.29, 1.82) is 0 Å². The fourth-order valence-electron chi connectivity index (χ4n) is 1.43. The van der Waals surface area contributed by atoms with Crippen molar-refractivity contribution < 1.29 is 14.7 Å². The molecule has 1 fully saturated rings. The minimum atomic E-state index is -0.976. The van der Waals surface area contributed by atoms with Crippen LogP contribution in [0.5, 0.6) is 0 Å². The minimum absolute atomic E-state index is 0.0656. The van der Waals surface area contributed by atoms with E-state index >= 15 is 0 Å². The quantitative estimate of drug-likeness (QED) is 0.639. The second-order valence-electron chi connectivity index (χ2n) is 4.50. The maximum atomic E-state index is 11.4. The van der Waals surface area contributed by atoms with Crippen molar-refractivity contribution in [3.63, 3.8) is 0 Å². The lowest BCUT2D eigenvalue weighted by Crippen LogP contribution is -2.49. The van der Waals surface area contributed by atoms with E-state index < -0.39 is 12.0 Å². The van der Waals surface area contributed by atoms with Gasteiger partial charge in [0.25, 0.3) is 0 Å². The molecule has 5 heteroatoms. The Hall–Kier alpha value is -1.26. The van der Waals surface area contributed by atoms with Crippen molar-refractivity contribution in [2.75, 3.05) is 6.54 Å². The van der Waals surface area contributed by atoms with Crippen molar-refractivity contribution in [3.05, 3.63) is 0 Å². The van der Waals surface area contributed by atoms with Gasteiger partial charge in [0.05, 0.1) is 0 Å². The molecule has 16 heavy (non-hydrogen) atoms. The predicted molar refractivity (Wildman–Crippen MR) is 60.1 cm³/mol. The highest BCUT2D eigenvalue weighted by Crippen LogP contribution is 2.27. The number of carbonyl (C=O) groups excluding carboxylic acids is 1. The number of aliphatic carboxylic acids is 1. The van der Waals surface area contributed by atoms with E-state index in [1.807, 2.05) is 13.8 Å². The van der Waals surface area contributed by atoms with Gasteiger partial charge in [-0.05, 0) is 24.7 Å². The van der Waals surface area contributed by atoms with Crippen molar-refractivity contribution in [2.24, 2.45) is 11.8 Å². The van der Waals surface area contributed by atoms with E-state index in [-0.39, 0.29) is 11.9 Å². The summed E-state index contributed by atoms with van der Waals surface area (Å²) in [6.07, 6.45) is 3.04. The molecule has 0 saturated heterocycles. The molecule has 1 aliphatic rings. The number of urea groups is 1. The average molecular weight is 228 g/mol. The number of rotatable bonds is 6. The average Bonchev–Trinajstić information content (AvgIpc) is 3.05. The molecule has 3 N–H and O–H groups in total. The second kappa shape index (κ2) is 5.72. The third-order valence-electron chi connectivity index (χ3n) is 3.01. The Morgan fingerprint density at radius 2 is 2.06 bits per heavy atom. The van der Waals surface area contributed by atoms with Crippen LogP contribution in [0.2, 0.25) is 0 Å². The summed E-state index contributed by atoms with van der Waals surface area (Å²) < 4.78 is 0. The first-order chi connectivity index (χ1) is 7.54. The molecule has 1 aliphatic carbocycles. The van der Waals surface area contributed by atoms with Gasteiger partial charge in [0.15, 0.2) is 0 Å². The SMILES string of the molecule is CCC(C)[C@H](NC(=O)NCC1CC1)C(=O)O. The van der Waals surface area contributed by atoms with Gasteiger partial charge in [0.1, 0.15) is 6.04 Å². The van der Waals surface area contributed by atoms with E-state index in [4.69, 9.17) is 5.11 Å². The van der Waals surface area contributed by atoms with Gasteiger partial charge in [-0.2, -0.15) is 0 Å². The minimum Gasteiger partial charge on any atom is -0.480 e. The van der Waals surface area contributed by atoms with Crippen molar-refractivity contribution >= 4 is 12.0 Å². The van der Waals surface area contributed by atoms with E-state index in [1.54, 1.807) is 0 Å². The Morgan fingerprint density at radius 1 is 1.44 bits per heavy atom. The molecule has 2 amide bonds. The van der Waals surface area contributed by atoms with Gasteiger partial charge in [-0.15, -0.1) is 0 Å². The van der Waals surface area contributed by atoms with Gasteiger partial charge >= 0.3 is 12.0 Å². The van der Waals surface area contributed by atoms with Crippen molar-refractivity contribution in [2.45, 2.75) is 39.2 Å². The number of hydrogen-bond donors (Lipinski definition) is 3. The van der Waals surface area contributed by atoms with Crippen LogP contribution in [0.3, 0.4) is 0 Å². The zero-order valence-electron chi connectivity index (χ0n) is 9.82. The van der Waals surface area contributed by atoms with Crippen LogP contribution in [-0.4, -0.2) is 29.7 Å². The molecule has 5 nitrogen and oxygen atoms in total. The first-order valence-electron chi connectivity index (χ1n) is 5.81. The summed E-state index contributed by atoms with van der Waals surface area (Å²) in [6, 6.07) is -1.18. The van der Waals surface area contributed by atoms with Crippen LogP contribution in [0.4, 0.5) is 4.79 Å². The molecule has 0 aromatic rings. The van der Waals surface area contributed by atoms with Crippen LogP contribution >= 0.6 is 0 Å². The van der Waals surface area contributed by atoms with Crippen LogP contribution in [0.25, 0.3) is 0 Å². The topological polar surface area (TPSA) is 78.4 Å². The number of hydrogen-bond acceptors (Lipinski definition) is 2. The fraction of sp³-hybridized carbons (Fsp3) is 0.818. The molecule has 1 saturated carbocycles. The highest BCUT2D eigenvalue weighted by atomic mass is 16.4. The summed E-state index contributed by atoms with van der Waals surface area (Å²) in [5.41, 5.74) is 0. The van der Waals surface area contributed by atoms with Crippen LogP contribution in [-0.2, 0) is 4.79 Å². The zero-order valence-corrected chi connectivity index (χ0v) is 9.82. The Kier molecular flexibility index (Phi) is 4.58. The molecule has 1 unspecified atom stereocenters. The summed E-state index contributed by atoms with van der Waals surface area (Å²) in [4.78, 5) is 22.4. The molecule has 0 heterocycles. The summed E-state index contributed by atoms with van der Waals surface area (Å²) in [7, 11) is 0. The van der Waals surface area contributed by atoms with Crippen molar-refractivity contribution in [3.8, 4) is 0 Å². The Balaban J connectivity index is 2.33. The molecule has 0 spiro atoms. The van der Waals surface area contributed by atoms with Gasteiger partial charge < -0.3 is 15.7 Å². The lowest BCUT2D eigenvalue weighted by Gasteiger charge is -2.20. The van der Waals surface area contributed by atoms with Gasteiger partial charge in [-0.1, -0.05) is 20.3 Å². The zero-order chi connectivity index (χ0) is 12.1. The smallest absolute Gasteiger partial charge is 0.326 e. The maximum absolute atomic E-state index is 11.4. The van der Waals surface area contributed by atoms with Crippen LogP contribution in [0, 0.1) is 11.8 Å². The predicted octanol–water partition coefficient (Wildman–Crippen LogP) is 1.19. The van der Waals surface area contributed by atoms with E-state index in [9.17, 15) is 9.59 Å². The maximum Gasteiger partial charge on any atom is 0.326 e. The number of nitrogens with one attached hydrogen (secondary N) is 2. The molecule has 2 atom stereocenters. The molecule has 0 aromatic heterocycles. The highest BCUT2D eigenvalue weighted by molar-refractivity contribution is 5.82. The fourth-order valence-corrected chi connectivity index (χ4v) is 1.43. The number of amides is 2. The van der Waals surface area contributed by atoms with Gasteiger partial charge in [0, 0.05) is 6.54 Å². The van der Waals surface area contributed by atoms with Gasteiger partial charge in [-0.3, -0.25) is 0 Å². The number of carboxylic acids is 1. The van der Waals surface area contributed by atoms with Crippen LogP contribution in [0.15, 0.2) is 0 Å². The van der Waals surface area contributed by atoms with Gasteiger partial charge in [0.2, 0.25) is 0 Å². The van der Waals surface area contributed by atoms with E-state index in [1.165, 1.54) is 0 Å². The first kappa shape index (κ1) is 12.8. The molecular weight excluding hydrogens is 208 g/mol. The second-order valence-corrected chi connectivity index (χ2v) is 4.50. The van der Waals surface area contributed by atoms with E-state index in [0.717, 1.165) is 19.3 Å². The lowest BCUT2D eigenvalue weighted by atomic mass is 9.99. The lowest BCUT2D eigenvalue weighted by molar-refractivity contribution is -0.140. The molecular formula is C11H20N2O3. The molecule has 0 bridgehead atoms. The molecule has 1 rings (SSSR count). The van der Waals surface area contributed by atoms with Crippen LogP contribution in [0.1, 0.15) is 33.1 Å². The largest absolute Gasteiger partial charge is 0.480 e. The summed E-state index contributed by atoms with van der Waals surface area (Å²) >= 11 is 0. The Labute approximate surface area is 95.6 Å². The first-order valence-corrected chi connectivity index (χ1v) is 5.81. The monoisotopic (exact) mass is 228 g/mol. The van der Waals surface area contributed by atoms with E-state index in [2.05, 4.69) is 10.6 Å². The molecule has 0 radical (unpaired) electrons. The molecule has 0 aromatic carbocycles. The van der Waals surface area contributed by atoms with Crippen LogP contribution < -0.4 is 10.6 Å². The summed E-state index contributed by atoms with van der Waals surface area (Å²) in [5, 5.41) is 14.2. The third-order valence-corrected chi connectivity index (χ3v) is 3.01. The highest BCUT2D eigenvalue weighted by Gasteiger charge is 2.26. The number of carboxylic acid groups (broad SMARTS) is 1. The number of carbonyl (C=O) groups is 2. The van der Waals surface area contributed by atoms with Gasteiger partial charge in [-0.25, -0.2) is 9.59 Å². The third kappa shape index (κ3) is 4.08. The summed E-state index contributed by atoms with van der Waals surface area (Å²) in [5.74, 6) is -0.447. The Morgan fingerprint density at radius 3 is 2.50 bits per heavy atom. The molecule has 92 valence electrons. The van der Waals surface area contributed by atoms with E-state index in [0.29, 0.717) is 12.5 Å². The normalized spacial score (nSPS) is 18.6.